The van der Waals surface area contributed by atoms with Crippen molar-refractivity contribution in [2.45, 2.75) is 45.3 Å². The highest BCUT2D eigenvalue weighted by molar-refractivity contribution is 5.92. The average molecular weight is 328 g/mol. The van der Waals surface area contributed by atoms with E-state index in [2.05, 4.69) is 6.92 Å². The maximum Gasteiger partial charge on any atom is 0.338 e. The Morgan fingerprint density at radius 1 is 1.17 bits per heavy atom. The molecule has 0 radical (unpaired) electrons. The van der Waals surface area contributed by atoms with Gasteiger partial charge in [-0.1, -0.05) is 25.1 Å². The Balaban J connectivity index is 1.55. The normalized spacial score (nSPS) is 39.1. The summed E-state index contributed by atoms with van der Waals surface area (Å²) in [5, 5.41) is 0. The van der Waals surface area contributed by atoms with E-state index in [9.17, 15) is 14.4 Å². The molecular formula is C19H20O5. The minimum atomic E-state index is -0.676. The Kier molecular flexibility index (Phi) is 3.15. The van der Waals surface area contributed by atoms with E-state index in [0.717, 1.165) is 6.42 Å². The molecule has 3 saturated carbocycles. The first-order valence-electron chi connectivity index (χ1n) is 8.37. The molecule has 0 N–H and O–H groups in total. The fraction of sp³-hybridized carbons (Fsp3) is 0.526. The lowest BCUT2D eigenvalue weighted by Crippen LogP contribution is -2.36. The zero-order chi connectivity index (χ0) is 17.1. The van der Waals surface area contributed by atoms with E-state index in [0.29, 0.717) is 18.4 Å². The molecule has 0 aromatic heterocycles. The molecule has 3 aliphatic rings. The Bertz CT molecular complexity index is 727. The molecule has 0 aliphatic heterocycles. The Hall–Kier alpha value is -2.17. The summed E-state index contributed by atoms with van der Waals surface area (Å²) in [5.74, 6) is -0.617. The summed E-state index contributed by atoms with van der Waals surface area (Å²) < 4.78 is 11.1. The van der Waals surface area contributed by atoms with Gasteiger partial charge in [0.25, 0.3) is 0 Å². The molecule has 3 aliphatic carbocycles. The van der Waals surface area contributed by atoms with Crippen LogP contribution in [0, 0.1) is 16.7 Å². The highest BCUT2D eigenvalue weighted by atomic mass is 16.6. The summed E-state index contributed by atoms with van der Waals surface area (Å²) in [6.45, 7) is 3.40. The molecule has 0 saturated heterocycles. The smallest absolute Gasteiger partial charge is 0.338 e. The van der Waals surface area contributed by atoms with Crippen molar-refractivity contribution in [3.05, 3.63) is 35.9 Å². The maximum absolute atomic E-state index is 12.4. The van der Waals surface area contributed by atoms with E-state index in [1.807, 2.05) is 6.07 Å². The maximum atomic E-state index is 12.4. The second kappa shape index (κ2) is 4.91. The Morgan fingerprint density at radius 3 is 2.54 bits per heavy atom. The molecule has 1 aromatic carbocycles. The zero-order valence-corrected chi connectivity index (χ0v) is 13.8. The lowest BCUT2D eigenvalue weighted by atomic mass is 9.88. The molecule has 0 heterocycles. The second-order valence-electron chi connectivity index (χ2n) is 7.33. The second-order valence-corrected chi connectivity index (χ2v) is 7.33. The fourth-order valence-electron chi connectivity index (χ4n) is 5.36. The van der Waals surface area contributed by atoms with E-state index < -0.39 is 12.1 Å². The number of Topliss-reactive ketones (excluding diaryl/α,β-unsaturated/α-hetero) is 1. The van der Waals surface area contributed by atoms with Gasteiger partial charge >= 0.3 is 11.9 Å². The molecule has 3 fully saturated rings. The van der Waals surface area contributed by atoms with Crippen LogP contribution in [0.25, 0.3) is 0 Å². The van der Waals surface area contributed by atoms with Crippen LogP contribution in [0.5, 0.6) is 0 Å². The SMILES string of the molecule is CC(=O)O[C@@H]1C(=O)C[C@@H]2C13CC[C@H](OC(=O)c1ccccc1)[C@]23C. The van der Waals surface area contributed by atoms with Crippen LogP contribution in [0.3, 0.4) is 0 Å². The first kappa shape index (κ1) is 15.4. The number of benzene rings is 1. The Labute approximate surface area is 140 Å². The summed E-state index contributed by atoms with van der Waals surface area (Å²) in [6.07, 6.45) is 0.960. The van der Waals surface area contributed by atoms with Crippen molar-refractivity contribution < 1.29 is 23.9 Å². The average Bonchev–Trinajstić information content (AvgIpc) is 2.77. The van der Waals surface area contributed by atoms with E-state index in [1.165, 1.54) is 6.92 Å². The molecule has 0 bridgehead atoms. The highest BCUT2D eigenvalue weighted by Gasteiger charge is 2.87. The lowest BCUT2D eigenvalue weighted by molar-refractivity contribution is -0.156. The number of fused-ring (bicyclic) bond motifs is 1. The van der Waals surface area contributed by atoms with Gasteiger partial charge in [-0.25, -0.2) is 4.79 Å². The van der Waals surface area contributed by atoms with Crippen molar-refractivity contribution in [1.29, 1.82) is 0 Å². The molecule has 5 atom stereocenters. The molecular weight excluding hydrogens is 308 g/mol. The number of rotatable bonds is 3. The van der Waals surface area contributed by atoms with Gasteiger partial charge in [0.05, 0.1) is 5.56 Å². The predicted molar refractivity (Wildman–Crippen MR) is 84.1 cm³/mol. The molecule has 1 spiro atoms. The van der Waals surface area contributed by atoms with Gasteiger partial charge in [-0.3, -0.25) is 9.59 Å². The van der Waals surface area contributed by atoms with Crippen molar-refractivity contribution in [2.75, 3.05) is 0 Å². The van der Waals surface area contributed by atoms with Gasteiger partial charge in [-0.05, 0) is 30.9 Å². The van der Waals surface area contributed by atoms with Crippen molar-refractivity contribution in [3.8, 4) is 0 Å². The van der Waals surface area contributed by atoms with Crippen LogP contribution in [0.15, 0.2) is 30.3 Å². The number of carbonyl (C=O) groups excluding carboxylic acids is 3. The van der Waals surface area contributed by atoms with Gasteiger partial charge in [0.2, 0.25) is 0 Å². The summed E-state index contributed by atoms with van der Waals surface area (Å²) in [4.78, 5) is 36.0. The van der Waals surface area contributed by atoms with Gasteiger partial charge in [0, 0.05) is 24.2 Å². The molecule has 0 amide bonds. The van der Waals surface area contributed by atoms with E-state index >= 15 is 0 Å². The van der Waals surface area contributed by atoms with Crippen LogP contribution in [0.4, 0.5) is 0 Å². The van der Waals surface area contributed by atoms with Gasteiger partial charge in [0.1, 0.15) is 6.10 Å². The van der Waals surface area contributed by atoms with E-state index in [1.54, 1.807) is 24.3 Å². The quantitative estimate of drug-likeness (QED) is 0.798. The number of hydrogen-bond acceptors (Lipinski definition) is 5. The molecule has 126 valence electrons. The number of ether oxygens (including phenoxy) is 2. The number of ketones is 1. The van der Waals surface area contributed by atoms with E-state index in [4.69, 9.17) is 9.47 Å². The molecule has 24 heavy (non-hydrogen) atoms. The van der Waals surface area contributed by atoms with Crippen molar-refractivity contribution >= 4 is 17.7 Å². The number of hydrogen-bond donors (Lipinski definition) is 0. The van der Waals surface area contributed by atoms with Crippen LogP contribution in [-0.4, -0.2) is 29.9 Å². The third-order valence-electron chi connectivity index (χ3n) is 6.46. The Morgan fingerprint density at radius 2 is 1.88 bits per heavy atom. The summed E-state index contributed by atoms with van der Waals surface area (Å²) in [7, 11) is 0. The molecule has 1 unspecified atom stereocenters. The zero-order valence-electron chi connectivity index (χ0n) is 13.8. The molecule has 5 nitrogen and oxygen atoms in total. The van der Waals surface area contributed by atoms with Crippen molar-refractivity contribution in [3.63, 3.8) is 0 Å². The van der Waals surface area contributed by atoms with Crippen molar-refractivity contribution in [1.82, 2.24) is 0 Å². The molecule has 5 heteroatoms. The third-order valence-corrected chi connectivity index (χ3v) is 6.46. The largest absolute Gasteiger partial charge is 0.458 e. The van der Waals surface area contributed by atoms with Gasteiger partial charge < -0.3 is 9.47 Å². The minimum absolute atomic E-state index is 0.00251. The number of carbonyl (C=O) groups is 3. The summed E-state index contributed by atoms with van der Waals surface area (Å²) >= 11 is 0. The molecule has 1 aromatic rings. The number of esters is 2. The molecule has 4 rings (SSSR count). The monoisotopic (exact) mass is 328 g/mol. The summed E-state index contributed by atoms with van der Waals surface area (Å²) in [5.41, 5.74) is -0.0801. The lowest BCUT2D eigenvalue weighted by Gasteiger charge is -2.26. The van der Waals surface area contributed by atoms with Gasteiger partial charge in [-0.2, -0.15) is 0 Å². The standard InChI is InChI=1S/C19H20O5/c1-11(20)23-16-13(21)10-14-18(2)15(8-9-19(14,16)18)24-17(22)12-6-4-3-5-7-12/h3-7,14-16H,8-10H2,1-2H3/t14-,15-,16+,18-,19?/m0/s1. The summed E-state index contributed by atoms with van der Waals surface area (Å²) in [6, 6.07) is 8.91. The third kappa shape index (κ3) is 1.78. The topological polar surface area (TPSA) is 69.7 Å². The highest BCUT2D eigenvalue weighted by Crippen LogP contribution is 2.83. The fourth-order valence-corrected chi connectivity index (χ4v) is 5.36. The van der Waals surface area contributed by atoms with Gasteiger partial charge in [-0.15, -0.1) is 0 Å². The minimum Gasteiger partial charge on any atom is -0.458 e. The first-order chi connectivity index (χ1) is 11.4. The van der Waals surface area contributed by atoms with Crippen LogP contribution < -0.4 is 0 Å². The van der Waals surface area contributed by atoms with Crippen LogP contribution in [-0.2, 0) is 19.1 Å². The van der Waals surface area contributed by atoms with Crippen molar-refractivity contribution in [2.24, 2.45) is 16.7 Å². The van der Waals surface area contributed by atoms with Crippen LogP contribution in [0.1, 0.15) is 43.5 Å². The first-order valence-corrected chi connectivity index (χ1v) is 8.37. The van der Waals surface area contributed by atoms with Gasteiger partial charge in [0.15, 0.2) is 11.9 Å². The van der Waals surface area contributed by atoms with Crippen LogP contribution in [0.2, 0.25) is 0 Å². The van der Waals surface area contributed by atoms with E-state index in [-0.39, 0.29) is 34.6 Å². The predicted octanol–water partition coefficient (Wildman–Crippen LogP) is 2.53. The van der Waals surface area contributed by atoms with Crippen LogP contribution >= 0.6 is 0 Å².